The Labute approximate surface area is 158 Å². The largest absolute Gasteiger partial charge is 0.371 e. The quantitative estimate of drug-likeness (QED) is 0.871. The summed E-state index contributed by atoms with van der Waals surface area (Å²) in [5.41, 5.74) is 1.37. The Hall–Kier alpha value is -2.89. The first kappa shape index (κ1) is 18.9. The predicted molar refractivity (Wildman–Crippen MR) is 103 cm³/mol. The number of nitrogens with one attached hydrogen (secondary N) is 2. The third-order valence-corrected chi connectivity index (χ3v) is 5.04. The van der Waals surface area contributed by atoms with E-state index in [9.17, 15) is 14.0 Å². The molecule has 1 saturated heterocycles. The summed E-state index contributed by atoms with van der Waals surface area (Å²) in [6.07, 6.45) is 0.890. The number of hydrogen-bond acceptors (Lipinski definition) is 3. The van der Waals surface area contributed by atoms with Gasteiger partial charge in [-0.1, -0.05) is 23.8 Å². The monoisotopic (exact) mass is 369 g/mol. The molecule has 5 nitrogen and oxygen atoms in total. The number of aryl methyl sites for hydroxylation is 1. The van der Waals surface area contributed by atoms with Crippen LogP contribution in [0.15, 0.2) is 48.5 Å². The van der Waals surface area contributed by atoms with E-state index in [0.717, 1.165) is 5.56 Å². The van der Waals surface area contributed by atoms with Gasteiger partial charge in [0.25, 0.3) is 5.91 Å². The number of hydrogen-bond donors (Lipinski definition) is 2. The van der Waals surface area contributed by atoms with Crippen LogP contribution in [0, 0.1) is 12.7 Å². The van der Waals surface area contributed by atoms with Gasteiger partial charge in [0.1, 0.15) is 11.4 Å². The van der Waals surface area contributed by atoms with E-state index in [1.807, 2.05) is 25.1 Å². The first-order valence-corrected chi connectivity index (χ1v) is 9.05. The number of anilines is 1. The minimum Gasteiger partial charge on any atom is -0.371 e. The van der Waals surface area contributed by atoms with Gasteiger partial charge in [-0.05, 0) is 50.1 Å². The molecule has 6 heteroatoms. The van der Waals surface area contributed by atoms with Gasteiger partial charge in [-0.2, -0.15) is 0 Å². The van der Waals surface area contributed by atoms with E-state index < -0.39 is 5.54 Å². The Kier molecular flexibility index (Phi) is 5.44. The van der Waals surface area contributed by atoms with E-state index in [-0.39, 0.29) is 17.6 Å². The minimum atomic E-state index is -0.869. The number of halogens is 1. The fourth-order valence-electron chi connectivity index (χ4n) is 3.54. The maximum absolute atomic E-state index is 13.5. The number of nitrogens with zero attached hydrogens (tertiary/aromatic N) is 1. The summed E-state index contributed by atoms with van der Waals surface area (Å²) in [4.78, 5) is 27.1. The number of piperidine rings is 1. The lowest BCUT2D eigenvalue weighted by Crippen LogP contribution is -2.58. The number of carbonyl (C=O) groups excluding carboxylic acids is 2. The topological polar surface area (TPSA) is 61.4 Å². The molecule has 1 aliphatic heterocycles. The molecule has 0 saturated carbocycles. The Balaban J connectivity index is 1.76. The van der Waals surface area contributed by atoms with Crippen LogP contribution in [0.1, 0.15) is 28.8 Å². The standard InChI is InChI=1S/C21H24FN3O2/c1-15-5-3-6-16(13-15)19(26)25-11-9-21(10-12-25,20(27)23-2)24-18-8-4-7-17(22)14-18/h3-8,13-14,24H,9-12H2,1-2H3,(H,23,27). The van der Waals surface area contributed by atoms with Gasteiger partial charge in [0.05, 0.1) is 0 Å². The highest BCUT2D eigenvalue weighted by molar-refractivity contribution is 5.95. The van der Waals surface area contributed by atoms with Crippen LogP contribution in [-0.2, 0) is 4.79 Å². The first-order valence-electron chi connectivity index (χ1n) is 9.05. The molecule has 27 heavy (non-hydrogen) atoms. The predicted octanol–water partition coefficient (Wildman–Crippen LogP) is 2.97. The van der Waals surface area contributed by atoms with Crippen molar-refractivity contribution in [1.29, 1.82) is 0 Å². The minimum absolute atomic E-state index is 0.0324. The molecule has 2 amide bonds. The first-order chi connectivity index (χ1) is 12.9. The fraction of sp³-hybridized carbons (Fsp3) is 0.333. The summed E-state index contributed by atoms with van der Waals surface area (Å²) in [5, 5.41) is 5.90. The van der Waals surface area contributed by atoms with Crippen molar-refractivity contribution < 1.29 is 14.0 Å². The second kappa shape index (κ2) is 7.78. The number of rotatable bonds is 4. The highest BCUT2D eigenvalue weighted by atomic mass is 19.1. The van der Waals surface area contributed by atoms with Crippen LogP contribution in [0.25, 0.3) is 0 Å². The van der Waals surface area contributed by atoms with E-state index in [0.29, 0.717) is 37.2 Å². The van der Waals surface area contributed by atoms with Crippen LogP contribution < -0.4 is 10.6 Å². The third-order valence-electron chi connectivity index (χ3n) is 5.04. The zero-order chi connectivity index (χ0) is 19.4. The highest BCUT2D eigenvalue weighted by Gasteiger charge is 2.42. The molecule has 2 aromatic rings. The zero-order valence-corrected chi connectivity index (χ0v) is 15.6. The van der Waals surface area contributed by atoms with E-state index in [2.05, 4.69) is 10.6 Å². The van der Waals surface area contributed by atoms with Crippen molar-refractivity contribution in [2.24, 2.45) is 0 Å². The van der Waals surface area contributed by atoms with E-state index in [1.54, 1.807) is 30.1 Å². The average molecular weight is 369 g/mol. The van der Waals surface area contributed by atoms with E-state index in [1.165, 1.54) is 12.1 Å². The number of amides is 2. The molecule has 1 heterocycles. The van der Waals surface area contributed by atoms with Gasteiger partial charge >= 0.3 is 0 Å². The van der Waals surface area contributed by atoms with Crippen molar-refractivity contribution in [3.05, 3.63) is 65.5 Å². The summed E-state index contributed by atoms with van der Waals surface area (Å²) in [7, 11) is 1.58. The van der Waals surface area contributed by atoms with Crippen LogP contribution in [-0.4, -0.2) is 42.4 Å². The van der Waals surface area contributed by atoms with E-state index >= 15 is 0 Å². The molecular weight excluding hydrogens is 345 g/mol. The molecule has 3 rings (SSSR count). The van der Waals surface area contributed by atoms with Crippen molar-refractivity contribution in [3.63, 3.8) is 0 Å². The Bertz CT molecular complexity index is 845. The van der Waals surface area contributed by atoms with Crippen LogP contribution in [0.2, 0.25) is 0 Å². The molecule has 142 valence electrons. The molecule has 0 aliphatic carbocycles. The summed E-state index contributed by atoms with van der Waals surface area (Å²) >= 11 is 0. The van der Waals surface area contributed by atoms with Gasteiger partial charge in [0.2, 0.25) is 5.91 Å². The molecule has 2 N–H and O–H groups in total. The van der Waals surface area contributed by atoms with Crippen LogP contribution in [0.5, 0.6) is 0 Å². The zero-order valence-electron chi connectivity index (χ0n) is 15.6. The highest BCUT2D eigenvalue weighted by Crippen LogP contribution is 2.28. The average Bonchev–Trinajstić information content (AvgIpc) is 2.67. The SMILES string of the molecule is CNC(=O)C1(Nc2cccc(F)c2)CCN(C(=O)c2cccc(C)c2)CC1. The Morgan fingerprint density at radius 1 is 1.07 bits per heavy atom. The molecule has 1 aliphatic rings. The van der Waals surface area contributed by atoms with Crippen molar-refractivity contribution in [3.8, 4) is 0 Å². The van der Waals surface area contributed by atoms with Gasteiger partial charge in [0.15, 0.2) is 0 Å². The lowest BCUT2D eigenvalue weighted by molar-refractivity contribution is -0.126. The second-order valence-electron chi connectivity index (χ2n) is 6.96. The summed E-state index contributed by atoms with van der Waals surface area (Å²) in [6.45, 7) is 2.84. The molecule has 0 unspecified atom stereocenters. The van der Waals surface area contributed by atoms with Crippen LogP contribution in [0.4, 0.5) is 10.1 Å². The van der Waals surface area contributed by atoms with Crippen molar-refractivity contribution in [2.75, 3.05) is 25.5 Å². The van der Waals surface area contributed by atoms with Gasteiger partial charge in [-0.25, -0.2) is 4.39 Å². The maximum Gasteiger partial charge on any atom is 0.253 e. The third kappa shape index (κ3) is 4.10. The molecule has 0 radical (unpaired) electrons. The smallest absolute Gasteiger partial charge is 0.253 e. The summed E-state index contributed by atoms with van der Waals surface area (Å²) in [5.74, 6) is -0.552. The van der Waals surface area contributed by atoms with Crippen LogP contribution >= 0.6 is 0 Å². The number of carbonyl (C=O) groups is 2. The molecule has 0 aromatic heterocycles. The second-order valence-corrected chi connectivity index (χ2v) is 6.96. The summed E-state index contributed by atoms with van der Waals surface area (Å²) in [6, 6.07) is 13.6. The lowest BCUT2D eigenvalue weighted by atomic mass is 9.85. The van der Waals surface area contributed by atoms with Gasteiger partial charge in [-0.3, -0.25) is 9.59 Å². The summed E-state index contributed by atoms with van der Waals surface area (Å²) < 4.78 is 13.5. The van der Waals surface area contributed by atoms with Gasteiger partial charge in [-0.15, -0.1) is 0 Å². The lowest BCUT2D eigenvalue weighted by Gasteiger charge is -2.41. The Morgan fingerprint density at radius 3 is 2.41 bits per heavy atom. The number of benzene rings is 2. The van der Waals surface area contributed by atoms with E-state index in [4.69, 9.17) is 0 Å². The van der Waals surface area contributed by atoms with Crippen molar-refractivity contribution in [2.45, 2.75) is 25.3 Å². The number of likely N-dealkylation sites (N-methyl/N-ethyl adjacent to an activating group) is 1. The molecule has 0 atom stereocenters. The normalized spacial score (nSPS) is 15.9. The van der Waals surface area contributed by atoms with Crippen molar-refractivity contribution >= 4 is 17.5 Å². The van der Waals surface area contributed by atoms with Crippen LogP contribution in [0.3, 0.4) is 0 Å². The van der Waals surface area contributed by atoms with Crippen molar-refractivity contribution in [1.82, 2.24) is 10.2 Å². The molecule has 2 aromatic carbocycles. The Morgan fingerprint density at radius 2 is 1.78 bits per heavy atom. The number of likely N-dealkylation sites (tertiary alicyclic amines) is 1. The van der Waals surface area contributed by atoms with Gasteiger partial charge in [0, 0.05) is 31.4 Å². The fourth-order valence-corrected chi connectivity index (χ4v) is 3.54. The molecule has 1 fully saturated rings. The maximum atomic E-state index is 13.5. The van der Waals surface area contributed by atoms with Gasteiger partial charge < -0.3 is 15.5 Å². The molecule has 0 bridgehead atoms. The molecule has 0 spiro atoms. The molecular formula is C21H24FN3O2.